The number of hydrogen-bond acceptors (Lipinski definition) is 4. The van der Waals surface area contributed by atoms with Gasteiger partial charge in [-0.2, -0.15) is 0 Å². The van der Waals surface area contributed by atoms with E-state index in [1.807, 2.05) is 0 Å². The lowest BCUT2D eigenvalue weighted by Gasteiger charge is -2.31. The highest BCUT2D eigenvalue weighted by Crippen LogP contribution is 2.26. The molecular weight excluding hydrogens is 304 g/mol. The summed E-state index contributed by atoms with van der Waals surface area (Å²) < 4.78 is 0.336. The van der Waals surface area contributed by atoms with E-state index in [0.717, 1.165) is 0 Å². The van der Waals surface area contributed by atoms with E-state index >= 15 is 0 Å². The van der Waals surface area contributed by atoms with Crippen LogP contribution in [0.3, 0.4) is 0 Å². The van der Waals surface area contributed by atoms with E-state index in [-0.39, 0.29) is 29.3 Å². The predicted molar refractivity (Wildman–Crippen MR) is 67.3 cm³/mol. The van der Waals surface area contributed by atoms with E-state index < -0.39 is 4.92 Å². The molecule has 1 amide bonds. The van der Waals surface area contributed by atoms with Gasteiger partial charge in [-0.05, 0) is 40.9 Å². The van der Waals surface area contributed by atoms with Crippen LogP contribution in [-0.2, 0) is 0 Å². The summed E-state index contributed by atoms with van der Waals surface area (Å²) in [6.07, 6.45) is 0.712. The second-order valence-corrected chi connectivity index (χ2v) is 5.07. The van der Waals surface area contributed by atoms with Crippen molar-refractivity contribution >= 4 is 27.5 Å². The van der Waals surface area contributed by atoms with Crippen molar-refractivity contribution in [2.75, 3.05) is 0 Å². The molecule has 96 valence electrons. The molecule has 1 aromatic carbocycles. The molecule has 18 heavy (non-hydrogen) atoms. The molecule has 0 heterocycles. The molecule has 0 aliphatic heterocycles. The molecule has 1 aromatic rings. The number of nitrogens with one attached hydrogen (secondary N) is 1. The molecule has 2 rings (SSSR count). The average Bonchev–Trinajstić information content (AvgIpc) is 2.27. The Morgan fingerprint density at radius 3 is 2.72 bits per heavy atom. The Morgan fingerprint density at radius 1 is 1.50 bits per heavy atom. The molecule has 0 unspecified atom stereocenters. The molecule has 0 aromatic heterocycles. The summed E-state index contributed by atoms with van der Waals surface area (Å²) in [5, 5.41) is 22.6. The van der Waals surface area contributed by atoms with Gasteiger partial charge in [0.2, 0.25) is 0 Å². The number of halogens is 1. The lowest BCUT2D eigenvalue weighted by atomic mass is 9.89. The maximum atomic E-state index is 11.8. The topological polar surface area (TPSA) is 92.5 Å². The number of aliphatic hydroxyl groups is 1. The monoisotopic (exact) mass is 314 g/mol. The van der Waals surface area contributed by atoms with E-state index in [1.165, 1.54) is 18.2 Å². The minimum Gasteiger partial charge on any atom is -0.393 e. The maximum absolute atomic E-state index is 11.8. The van der Waals surface area contributed by atoms with Crippen LogP contribution in [0.2, 0.25) is 0 Å². The number of nitro benzene ring substituents is 1. The molecule has 6 nitrogen and oxygen atoms in total. The summed E-state index contributed by atoms with van der Waals surface area (Å²) in [6.45, 7) is 0. The fourth-order valence-corrected chi connectivity index (χ4v) is 2.16. The highest BCUT2D eigenvalue weighted by atomic mass is 79.9. The fraction of sp³-hybridized carbons (Fsp3) is 0.364. The van der Waals surface area contributed by atoms with Gasteiger partial charge >= 0.3 is 0 Å². The van der Waals surface area contributed by atoms with Crippen molar-refractivity contribution in [2.24, 2.45) is 0 Å². The Morgan fingerprint density at radius 2 is 2.17 bits per heavy atom. The second-order valence-electron chi connectivity index (χ2n) is 4.22. The maximum Gasteiger partial charge on any atom is 0.284 e. The first-order valence-corrected chi connectivity index (χ1v) is 6.19. The van der Waals surface area contributed by atoms with Gasteiger partial charge in [-0.1, -0.05) is 0 Å². The summed E-state index contributed by atoms with van der Waals surface area (Å²) >= 11 is 3.06. The minimum atomic E-state index is -0.548. The first-order valence-electron chi connectivity index (χ1n) is 5.40. The molecular formula is C11H11BrN2O4. The lowest BCUT2D eigenvalue weighted by molar-refractivity contribution is -0.385. The standard InChI is InChI=1S/C11H11BrN2O4/c12-9-2-1-6(3-10(9)14(17)18)11(16)13-7-4-8(15)5-7/h1-3,7-8,15H,4-5H2,(H,13,16). The molecule has 0 saturated heterocycles. The van der Waals surface area contributed by atoms with Gasteiger partial charge in [0.05, 0.1) is 15.5 Å². The summed E-state index contributed by atoms with van der Waals surface area (Å²) in [5.41, 5.74) is 0.0996. The van der Waals surface area contributed by atoms with Crippen LogP contribution in [0.5, 0.6) is 0 Å². The second kappa shape index (κ2) is 5.03. The van der Waals surface area contributed by atoms with Crippen molar-refractivity contribution in [3.8, 4) is 0 Å². The number of aliphatic hydroxyl groups excluding tert-OH is 1. The van der Waals surface area contributed by atoms with Crippen LogP contribution >= 0.6 is 15.9 Å². The molecule has 1 aliphatic rings. The van der Waals surface area contributed by atoms with Gasteiger partial charge in [-0.25, -0.2) is 0 Å². The Balaban J connectivity index is 2.10. The van der Waals surface area contributed by atoms with Crippen LogP contribution in [0.4, 0.5) is 5.69 Å². The predicted octanol–water partition coefficient (Wildman–Crippen LogP) is 1.61. The van der Waals surface area contributed by atoms with E-state index in [0.29, 0.717) is 17.3 Å². The van der Waals surface area contributed by atoms with Crippen molar-refractivity contribution in [3.05, 3.63) is 38.3 Å². The number of benzene rings is 1. The van der Waals surface area contributed by atoms with Crippen molar-refractivity contribution in [1.29, 1.82) is 0 Å². The average molecular weight is 315 g/mol. The van der Waals surface area contributed by atoms with Crippen molar-refractivity contribution in [3.63, 3.8) is 0 Å². The molecule has 0 bridgehead atoms. The van der Waals surface area contributed by atoms with Crippen LogP contribution in [0.15, 0.2) is 22.7 Å². The van der Waals surface area contributed by atoms with Gasteiger partial charge in [0.1, 0.15) is 0 Å². The first kappa shape index (κ1) is 13.0. The summed E-state index contributed by atoms with van der Waals surface area (Å²) in [7, 11) is 0. The highest BCUT2D eigenvalue weighted by molar-refractivity contribution is 9.10. The van der Waals surface area contributed by atoms with Gasteiger partial charge in [-0.3, -0.25) is 14.9 Å². The van der Waals surface area contributed by atoms with Crippen LogP contribution in [0.25, 0.3) is 0 Å². The van der Waals surface area contributed by atoms with E-state index in [9.17, 15) is 14.9 Å². The van der Waals surface area contributed by atoms with Crippen LogP contribution in [-0.4, -0.2) is 28.1 Å². The zero-order valence-corrected chi connectivity index (χ0v) is 10.9. The summed E-state index contributed by atoms with van der Waals surface area (Å²) in [6, 6.07) is 4.17. The number of amides is 1. The third-order valence-corrected chi connectivity index (χ3v) is 3.52. The van der Waals surface area contributed by atoms with Crippen LogP contribution in [0.1, 0.15) is 23.2 Å². The minimum absolute atomic E-state index is 0.0461. The van der Waals surface area contributed by atoms with Gasteiger partial charge in [0.25, 0.3) is 11.6 Å². The Labute approximate surface area is 111 Å². The number of carbonyl (C=O) groups excluding carboxylic acids is 1. The molecule has 1 aliphatic carbocycles. The number of nitro groups is 1. The molecule has 0 spiro atoms. The van der Waals surface area contributed by atoms with E-state index in [1.54, 1.807) is 0 Å². The van der Waals surface area contributed by atoms with E-state index in [2.05, 4.69) is 21.2 Å². The molecule has 0 atom stereocenters. The normalized spacial score (nSPS) is 22.1. The van der Waals surface area contributed by atoms with Crippen molar-refractivity contribution in [1.82, 2.24) is 5.32 Å². The molecule has 1 fully saturated rings. The quantitative estimate of drug-likeness (QED) is 0.655. The van der Waals surface area contributed by atoms with Crippen LogP contribution < -0.4 is 5.32 Å². The van der Waals surface area contributed by atoms with Gasteiger partial charge in [0, 0.05) is 17.7 Å². The molecule has 2 N–H and O–H groups in total. The zero-order valence-electron chi connectivity index (χ0n) is 9.30. The van der Waals surface area contributed by atoms with Crippen molar-refractivity contribution in [2.45, 2.75) is 25.0 Å². The number of nitrogens with zero attached hydrogens (tertiary/aromatic N) is 1. The largest absolute Gasteiger partial charge is 0.393 e. The lowest BCUT2D eigenvalue weighted by Crippen LogP contribution is -2.46. The van der Waals surface area contributed by atoms with Gasteiger partial charge in [-0.15, -0.1) is 0 Å². The highest BCUT2D eigenvalue weighted by Gasteiger charge is 2.29. The summed E-state index contributed by atoms with van der Waals surface area (Å²) in [4.78, 5) is 22.0. The first-order chi connectivity index (χ1) is 8.47. The fourth-order valence-electron chi connectivity index (χ4n) is 1.77. The summed E-state index contributed by atoms with van der Waals surface area (Å²) in [5.74, 6) is -0.359. The Hall–Kier alpha value is -1.47. The Kier molecular flexibility index (Phi) is 3.63. The number of rotatable bonds is 3. The number of hydrogen-bond donors (Lipinski definition) is 2. The van der Waals surface area contributed by atoms with Crippen LogP contribution in [0, 0.1) is 10.1 Å². The van der Waals surface area contributed by atoms with Crippen molar-refractivity contribution < 1.29 is 14.8 Å². The Bertz CT molecular complexity index is 500. The third-order valence-electron chi connectivity index (χ3n) is 2.85. The zero-order chi connectivity index (χ0) is 13.3. The molecule has 1 saturated carbocycles. The number of carbonyl (C=O) groups is 1. The van der Waals surface area contributed by atoms with Gasteiger partial charge in [0.15, 0.2) is 0 Å². The molecule has 7 heteroatoms. The SMILES string of the molecule is O=C(NC1CC(O)C1)c1ccc(Br)c([N+](=O)[O-])c1. The smallest absolute Gasteiger partial charge is 0.284 e. The van der Waals surface area contributed by atoms with E-state index in [4.69, 9.17) is 5.11 Å². The third kappa shape index (κ3) is 2.68. The molecule has 0 radical (unpaired) electrons. The van der Waals surface area contributed by atoms with Gasteiger partial charge < -0.3 is 10.4 Å².